The van der Waals surface area contributed by atoms with Crippen LogP contribution in [0.15, 0.2) is 11.3 Å². The summed E-state index contributed by atoms with van der Waals surface area (Å²) in [4.78, 5) is 21.5. The first kappa shape index (κ1) is 9.57. The number of aliphatic imine (C=N–C) groups is 1. The molecule has 6 nitrogen and oxygen atoms in total. The third-order valence-corrected chi connectivity index (χ3v) is 1.79. The van der Waals surface area contributed by atoms with E-state index in [0.717, 1.165) is 5.82 Å². The first-order valence-corrected chi connectivity index (χ1v) is 4.55. The van der Waals surface area contributed by atoms with Gasteiger partial charge in [0.1, 0.15) is 12.2 Å². The summed E-state index contributed by atoms with van der Waals surface area (Å²) in [7, 11) is 3.80. The van der Waals surface area contributed by atoms with Crippen LogP contribution in [-0.4, -0.2) is 45.3 Å². The van der Waals surface area contributed by atoms with Crippen molar-refractivity contribution in [3.05, 3.63) is 12.2 Å². The Bertz CT molecular complexity index is 498. The maximum atomic E-state index is 4.28. The van der Waals surface area contributed by atoms with Crippen molar-refractivity contribution in [2.24, 2.45) is 4.99 Å². The van der Waals surface area contributed by atoms with E-state index in [1.54, 1.807) is 6.34 Å². The number of rotatable bonds is 2. The number of aromatic amines is 1. The number of aromatic nitrogens is 4. The Hall–Kier alpha value is -1.98. The second-order valence-corrected chi connectivity index (χ2v) is 3.42. The number of imidazole rings is 1. The molecule has 2 rings (SSSR count). The molecule has 6 heteroatoms. The van der Waals surface area contributed by atoms with E-state index >= 15 is 0 Å². The normalized spacial score (nSPS) is 11.4. The summed E-state index contributed by atoms with van der Waals surface area (Å²) >= 11 is 0. The first-order valence-electron chi connectivity index (χ1n) is 4.55. The molecular weight excluding hydrogens is 192 g/mol. The van der Waals surface area contributed by atoms with Crippen LogP contribution in [-0.2, 0) is 0 Å². The van der Waals surface area contributed by atoms with Gasteiger partial charge in [-0.05, 0) is 6.92 Å². The minimum Gasteiger partial charge on any atom is -0.369 e. The van der Waals surface area contributed by atoms with Crippen LogP contribution in [0.2, 0.25) is 0 Å². The Kier molecular flexibility index (Phi) is 2.32. The third-order valence-electron chi connectivity index (χ3n) is 1.79. The molecule has 0 radical (unpaired) electrons. The zero-order valence-corrected chi connectivity index (χ0v) is 8.89. The molecule has 0 aliphatic carbocycles. The van der Waals surface area contributed by atoms with Crippen LogP contribution in [0.5, 0.6) is 0 Å². The second kappa shape index (κ2) is 3.64. The van der Waals surface area contributed by atoms with Gasteiger partial charge in [-0.1, -0.05) is 0 Å². The van der Waals surface area contributed by atoms with Gasteiger partial charge >= 0.3 is 0 Å². The zero-order valence-electron chi connectivity index (χ0n) is 8.89. The summed E-state index contributed by atoms with van der Waals surface area (Å²) in [6.45, 7) is 1.88. The highest BCUT2D eigenvalue weighted by molar-refractivity contribution is 5.82. The molecule has 0 saturated heterocycles. The molecule has 0 amide bonds. The fourth-order valence-electron chi connectivity index (χ4n) is 1.20. The maximum absolute atomic E-state index is 4.28. The molecule has 0 aliphatic rings. The SMILES string of the molecule is Cc1nc2c(/N=C/N(C)C)ncnc2[nH]1. The van der Waals surface area contributed by atoms with E-state index in [4.69, 9.17) is 0 Å². The monoisotopic (exact) mass is 204 g/mol. The molecule has 0 aromatic carbocycles. The molecule has 0 aliphatic heterocycles. The van der Waals surface area contributed by atoms with Gasteiger partial charge in [-0.2, -0.15) is 0 Å². The summed E-state index contributed by atoms with van der Waals surface area (Å²) in [5.41, 5.74) is 1.42. The molecule has 0 saturated carbocycles. The van der Waals surface area contributed by atoms with Crippen LogP contribution in [0.1, 0.15) is 5.82 Å². The maximum Gasteiger partial charge on any atom is 0.184 e. The minimum absolute atomic E-state index is 0.582. The summed E-state index contributed by atoms with van der Waals surface area (Å²) in [5.74, 6) is 1.39. The molecule has 2 heterocycles. The Morgan fingerprint density at radius 1 is 1.40 bits per heavy atom. The minimum atomic E-state index is 0.582. The van der Waals surface area contributed by atoms with Gasteiger partial charge in [0.25, 0.3) is 0 Å². The molecule has 0 fully saturated rings. The molecule has 78 valence electrons. The molecule has 0 unspecified atom stereocenters. The van der Waals surface area contributed by atoms with Gasteiger partial charge < -0.3 is 9.88 Å². The van der Waals surface area contributed by atoms with Gasteiger partial charge in [0.05, 0.1) is 6.34 Å². The number of hydrogen-bond donors (Lipinski definition) is 1. The lowest BCUT2D eigenvalue weighted by Gasteiger charge is -2.01. The quantitative estimate of drug-likeness (QED) is 0.582. The first-order chi connectivity index (χ1) is 7.16. The topological polar surface area (TPSA) is 70.1 Å². The summed E-state index contributed by atoms with van der Waals surface area (Å²) in [5, 5.41) is 0. The van der Waals surface area contributed by atoms with Gasteiger partial charge in [-0.15, -0.1) is 0 Å². The van der Waals surface area contributed by atoms with E-state index in [0.29, 0.717) is 17.0 Å². The van der Waals surface area contributed by atoms with Crippen LogP contribution >= 0.6 is 0 Å². The summed E-state index contributed by atoms with van der Waals surface area (Å²) < 4.78 is 0. The van der Waals surface area contributed by atoms with Crippen LogP contribution in [0, 0.1) is 6.92 Å². The number of nitrogens with one attached hydrogen (secondary N) is 1. The van der Waals surface area contributed by atoms with Crippen molar-refractivity contribution in [3.63, 3.8) is 0 Å². The molecule has 15 heavy (non-hydrogen) atoms. The zero-order chi connectivity index (χ0) is 10.8. The number of H-pyrrole nitrogens is 1. The van der Waals surface area contributed by atoms with Crippen LogP contribution in [0.4, 0.5) is 5.82 Å². The van der Waals surface area contributed by atoms with Crippen molar-refractivity contribution < 1.29 is 0 Å². The number of hydrogen-bond acceptors (Lipinski definition) is 4. The van der Waals surface area contributed by atoms with Gasteiger partial charge in [-0.3, -0.25) is 0 Å². The number of aryl methyl sites for hydroxylation is 1. The van der Waals surface area contributed by atoms with E-state index in [-0.39, 0.29) is 0 Å². The lowest BCUT2D eigenvalue weighted by molar-refractivity contribution is 0.643. The highest BCUT2D eigenvalue weighted by atomic mass is 15.1. The lowest BCUT2D eigenvalue weighted by Crippen LogP contribution is -2.07. The van der Waals surface area contributed by atoms with Crippen LogP contribution in [0.3, 0.4) is 0 Å². The lowest BCUT2D eigenvalue weighted by atomic mass is 10.5. The van der Waals surface area contributed by atoms with Crippen molar-refractivity contribution in [1.82, 2.24) is 24.8 Å². The Morgan fingerprint density at radius 3 is 2.93 bits per heavy atom. The predicted octanol–water partition coefficient (Wildman–Crippen LogP) is 0.883. The third kappa shape index (κ3) is 1.93. The molecule has 0 bridgehead atoms. The van der Waals surface area contributed by atoms with Crippen molar-refractivity contribution >= 4 is 23.3 Å². The smallest absolute Gasteiger partial charge is 0.184 e. The van der Waals surface area contributed by atoms with Crippen molar-refractivity contribution in [3.8, 4) is 0 Å². The number of nitrogens with zero attached hydrogens (tertiary/aromatic N) is 5. The fraction of sp³-hybridized carbons (Fsp3) is 0.333. The van der Waals surface area contributed by atoms with Crippen LogP contribution < -0.4 is 0 Å². The molecule has 1 N–H and O–H groups in total. The Morgan fingerprint density at radius 2 is 2.20 bits per heavy atom. The van der Waals surface area contributed by atoms with Crippen LogP contribution in [0.25, 0.3) is 11.2 Å². The fourth-order valence-corrected chi connectivity index (χ4v) is 1.20. The molecule has 0 atom stereocenters. The van der Waals surface area contributed by atoms with Crippen molar-refractivity contribution in [2.75, 3.05) is 14.1 Å². The van der Waals surface area contributed by atoms with Crippen molar-refractivity contribution in [2.45, 2.75) is 6.92 Å². The summed E-state index contributed by atoms with van der Waals surface area (Å²) in [6, 6.07) is 0. The Balaban J connectivity index is 2.50. The predicted molar refractivity (Wildman–Crippen MR) is 58.3 cm³/mol. The summed E-state index contributed by atoms with van der Waals surface area (Å²) in [6.07, 6.45) is 3.16. The largest absolute Gasteiger partial charge is 0.369 e. The highest BCUT2D eigenvalue weighted by Crippen LogP contribution is 2.18. The molecular formula is C9H12N6. The van der Waals surface area contributed by atoms with E-state index in [9.17, 15) is 0 Å². The van der Waals surface area contributed by atoms with E-state index < -0.39 is 0 Å². The van der Waals surface area contributed by atoms with E-state index in [1.165, 1.54) is 6.33 Å². The molecule has 0 spiro atoms. The number of fused-ring (bicyclic) bond motifs is 1. The van der Waals surface area contributed by atoms with Gasteiger partial charge in [0.2, 0.25) is 0 Å². The highest BCUT2D eigenvalue weighted by Gasteiger charge is 2.05. The van der Waals surface area contributed by atoms with Crippen molar-refractivity contribution in [1.29, 1.82) is 0 Å². The van der Waals surface area contributed by atoms with Gasteiger partial charge in [0.15, 0.2) is 17.0 Å². The average molecular weight is 204 g/mol. The van der Waals surface area contributed by atoms with E-state index in [2.05, 4.69) is 24.9 Å². The standard InChI is InChI=1S/C9H12N6/c1-6-13-7-8(12-5-15(2)3)10-4-11-9(7)14-6/h4-5H,1-3H3,(H,10,11,13,14)/b12-5+. The van der Waals surface area contributed by atoms with E-state index in [1.807, 2.05) is 25.9 Å². The average Bonchev–Trinajstić information content (AvgIpc) is 2.55. The molecule has 2 aromatic rings. The van der Waals surface area contributed by atoms with Gasteiger partial charge in [0, 0.05) is 14.1 Å². The Labute approximate surface area is 87.1 Å². The van der Waals surface area contributed by atoms with Gasteiger partial charge in [-0.25, -0.2) is 19.9 Å². The molecule has 2 aromatic heterocycles. The second-order valence-electron chi connectivity index (χ2n) is 3.42.